The number of hydrogen-bond acceptors (Lipinski definition) is 4. The molecule has 1 fully saturated rings. The lowest BCUT2D eigenvalue weighted by Crippen LogP contribution is -2.29. The number of aryl methyl sites for hydroxylation is 2. The molecule has 1 aromatic heterocycles. The molecule has 20 heavy (non-hydrogen) atoms. The molecule has 3 N–H and O–H groups in total. The van der Waals surface area contributed by atoms with Crippen molar-refractivity contribution in [1.82, 2.24) is 14.7 Å². The zero-order valence-corrected chi connectivity index (χ0v) is 12.8. The normalized spacial score (nSPS) is 14.6. The highest BCUT2D eigenvalue weighted by Gasteiger charge is 2.19. The first-order chi connectivity index (χ1) is 9.50. The number of nitrogens with one attached hydrogen (secondary N) is 1. The van der Waals surface area contributed by atoms with E-state index < -0.39 is 0 Å². The summed E-state index contributed by atoms with van der Waals surface area (Å²) < 4.78 is 1.71. The van der Waals surface area contributed by atoms with Crippen LogP contribution in [0.1, 0.15) is 30.5 Å². The fourth-order valence-corrected chi connectivity index (χ4v) is 2.81. The van der Waals surface area contributed by atoms with E-state index in [0.29, 0.717) is 18.0 Å². The first kappa shape index (κ1) is 14.8. The molecule has 7 heteroatoms. The topological polar surface area (TPSA) is 76.2 Å². The molecule has 1 aliphatic rings. The van der Waals surface area contributed by atoms with Gasteiger partial charge in [0, 0.05) is 33.1 Å². The number of amides is 1. The summed E-state index contributed by atoms with van der Waals surface area (Å²) in [5.74, 6) is 0.981. The van der Waals surface area contributed by atoms with Crippen LogP contribution < -0.4 is 11.1 Å². The van der Waals surface area contributed by atoms with Crippen molar-refractivity contribution >= 4 is 28.9 Å². The van der Waals surface area contributed by atoms with Gasteiger partial charge >= 0.3 is 0 Å². The number of hydrogen-bond donors (Lipinski definition) is 2. The lowest BCUT2D eigenvalue weighted by Gasteiger charge is -2.15. The summed E-state index contributed by atoms with van der Waals surface area (Å²) in [5.41, 5.74) is 7.28. The van der Waals surface area contributed by atoms with Crippen LogP contribution >= 0.6 is 12.2 Å². The molecule has 0 spiro atoms. The molecular weight excluding hydrogens is 274 g/mol. The number of nitrogens with zero attached hydrogens (tertiary/aromatic N) is 3. The van der Waals surface area contributed by atoms with Gasteiger partial charge in [-0.25, -0.2) is 0 Å². The standard InChI is InChI=1S/C13H21N5OS/c1-9-11(12(14)20)13(17(2)16-9)15-6-5-10(19)18-7-3-4-8-18/h15H,3-8H2,1-2H3,(H2,14,20). The summed E-state index contributed by atoms with van der Waals surface area (Å²) in [5, 5.41) is 7.52. The highest BCUT2D eigenvalue weighted by molar-refractivity contribution is 7.80. The summed E-state index contributed by atoms with van der Waals surface area (Å²) in [6, 6.07) is 0. The zero-order chi connectivity index (χ0) is 14.7. The molecule has 0 saturated carbocycles. The number of nitrogens with two attached hydrogens (primary N) is 1. The first-order valence-corrected chi connectivity index (χ1v) is 7.26. The lowest BCUT2D eigenvalue weighted by atomic mass is 10.2. The van der Waals surface area contributed by atoms with E-state index in [1.54, 1.807) is 4.68 Å². The fourth-order valence-electron chi connectivity index (χ4n) is 2.57. The van der Waals surface area contributed by atoms with Crippen LogP contribution in [0.25, 0.3) is 0 Å². The monoisotopic (exact) mass is 295 g/mol. The fraction of sp³-hybridized carbons (Fsp3) is 0.615. The van der Waals surface area contributed by atoms with Gasteiger partial charge in [-0.2, -0.15) is 5.10 Å². The maximum Gasteiger partial charge on any atom is 0.224 e. The second kappa shape index (κ2) is 6.21. The highest BCUT2D eigenvalue weighted by Crippen LogP contribution is 2.18. The van der Waals surface area contributed by atoms with E-state index in [0.717, 1.165) is 43.0 Å². The molecule has 110 valence electrons. The smallest absolute Gasteiger partial charge is 0.224 e. The number of rotatable bonds is 5. The maximum absolute atomic E-state index is 12.0. The molecule has 0 radical (unpaired) electrons. The van der Waals surface area contributed by atoms with E-state index in [1.807, 2.05) is 18.9 Å². The summed E-state index contributed by atoms with van der Waals surface area (Å²) >= 11 is 5.05. The Hall–Kier alpha value is -1.63. The quantitative estimate of drug-likeness (QED) is 0.785. The van der Waals surface area contributed by atoms with Gasteiger partial charge < -0.3 is 16.0 Å². The molecule has 6 nitrogen and oxygen atoms in total. The van der Waals surface area contributed by atoms with Gasteiger partial charge in [0.15, 0.2) is 0 Å². The van der Waals surface area contributed by atoms with Gasteiger partial charge in [-0.3, -0.25) is 9.48 Å². The molecule has 1 aliphatic heterocycles. The van der Waals surface area contributed by atoms with Crippen molar-refractivity contribution in [2.75, 3.05) is 25.0 Å². The van der Waals surface area contributed by atoms with E-state index in [9.17, 15) is 4.79 Å². The number of anilines is 1. The Morgan fingerprint density at radius 2 is 2.10 bits per heavy atom. The van der Waals surface area contributed by atoms with Crippen LogP contribution in [0.3, 0.4) is 0 Å². The van der Waals surface area contributed by atoms with Crippen molar-refractivity contribution in [3.63, 3.8) is 0 Å². The van der Waals surface area contributed by atoms with E-state index in [2.05, 4.69) is 10.4 Å². The molecule has 0 bridgehead atoms. The SMILES string of the molecule is Cc1nn(C)c(NCCC(=O)N2CCCC2)c1C(N)=S. The molecule has 2 heterocycles. The number of thiocarbonyl (C=S) groups is 1. The van der Waals surface area contributed by atoms with Gasteiger partial charge in [-0.1, -0.05) is 12.2 Å². The molecule has 0 atom stereocenters. The number of aromatic nitrogens is 2. The van der Waals surface area contributed by atoms with Crippen LogP contribution in [0.5, 0.6) is 0 Å². The molecule has 0 aromatic carbocycles. The third-order valence-corrected chi connectivity index (χ3v) is 3.76. The van der Waals surface area contributed by atoms with Crippen molar-refractivity contribution in [1.29, 1.82) is 0 Å². The van der Waals surface area contributed by atoms with E-state index in [-0.39, 0.29) is 5.91 Å². The van der Waals surface area contributed by atoms with Crippen LogP contribution in [0.2, 0.25) is 0 Å². The number of likely N-dealkylation sites (tertiary alicyclic amines) is 1. The zero-order valence-electron chi connectivity index (χ0n) is 12.0. The van der Waals surface area contributed by atoms with E-state index in [4.69, 9.17) is 18.0 Å². The van der Waals surface area contributed by atoms with Crippen molar-refractivity contribution in [2.45, 2.75) is 26.2 Å². The molecule has 2 rings (SSSR count). The second-order valence-corrected chi connectivity index (χ2v) is 5.50. The van der Waals surface area contributed by atoms with Gasteiger partial charge in [-0.05, 0) is 19.8 Å². The lowest BCUT2D eigenvalue weighted by molar-refractivity contribution is -0.129. The average molecular weight is 295 g/mol. The van der Waals surface area contributed by atoms with E-state index in [1.165, 1.54) is 0 Å². The van der Waals surface area contributed by atoms with E-state index >= 15 is 0 Å². The van der Waals surface area contributed by atoms with Crippen LogP contribution in [0, 0.1) is 6.92 Å². The largest absolute Gasteiger partial charge is 0.389 e. The van der Waals surface area contributed by atoms with Gasteiger partial charge in [-0.15, -0.1) is 0 Å². The highest BCUT2D eigenvalue weighted by atomic mass is 32.1. The minimum Gasteiger partial charge on any atom is -0.389 e. The Morgan fingerprint density at radius 3 is 2.70 bits per heavy atom. The minimum atomic E-state index is 0.200. The minimum absolute atomic E-state index is 0.200. The Labute approximate surface area is 124 Å². The Bertz CT molecular complexity index is 519. The van der Waals surface area contributed by atoms with Crippen molar-refractivity contribution in [2.24, 2.45) is 12.8 Å². The first-order valence-electron chi connectivity index (χ1n) is 6.85. The molecular formula is C13H21N5OS. The molecule has 1 aromatic rings. The van der Waals surface area contributed by atoms with Crippen LogP contribution in [0.4, 0.5) is 5.82 Å². The predicted octanol–water partition coefficient (Wildman–Crippen LogP) is 0.787. The molecule has 1 amide bonds. The molecule has 0 unspecified atom stereocenters. The number of carbonyl (C=O) groups excluding carboxylic acids is 1. The van der Waals surface area contributed by atoms with Gasteiger partial charge in [0.1, 0.15) is 10.8 Å². The van der Waals surface area contributed by atoms with Gasteiger partial charge in [0.2, 0.25) is 5.91 Å². The third kappa shape index (κ3) is 3.09. The van der Waals surface area contributed by atoms with Gasteiger partial charge in [0.05, 0.1) is 11.3 Å². The predicted molar refractivity (Wildman–Crippen MR) is 82.8 cm³/mol. The average Bonchev–Trinajstić information content (AvgIpc) is 2.98. The Balaban J connectivity index is 1.94. The number of carbonyl (C=O) groups is 1. The second-order valence-electron chi connectivity index (χ2n) is 5.06. The van der Waals surface area contributed by atoms with Crippen molar-refractivity contribution in [3.8, 4) is 0 Å². The van der Waals surface area contributed by atoms with Crippen molar-refractivity contribution in [3.05, 3.63) is 11.3 Å². The summed E-state index contributed by atoms with van der Waals surface area (Å²) in [4.78, 5) is 14.2. The Morgan fingerprint density at radius 1 is 1.45 bits per heavy atom. The van der Waals surface area contributed by atoms with Crippen LogP contribution in [-0.4, -0.2) is 45.2 Å². The molecule has 1 saturated heterocycles. The van der Waals surface area contributed by atoms with Crippen molar-refractivity contribution < 1.29 is 4.79 Å². The maximum atomic E-state index is 12.0. The van der Waals surface area contributed by atoms with Crippen LogP contribution in [-0.2, 0) is 11.8 Å². The molecule has 0 aliphatic carbocycles. The van der Waals surface area contributed by atoms with Crippen LogP contribution in [0.15, 0.2) is 0 Å². The Kier molecular flexibility index (Phi) is 4.59. The van der Waals surface area contributed by atoms with Gasteiger partial charge in [0.25, 0.3) is 0 Å². The summed E-state index contributed by atoms with van der Waals surface area (Å²) in [6.45, 7) is 4.21. The summed E-state index contributed by atoms with van der Waals surface area (Å²) in [7, 11) is 1.83. The summed E-state index contributed by atoms with van der Waals surface area (Å²) in [6.07, 6.45) is 2.71. The third-order valence-electron chi connectivity index (χ3n) is 3.56.